The number of hydrogen-bond acceptors (Lipinski definition) is 2. The standard InChI is InChI=1S/C25H31NO/c1-19(2)12-15-25(3)16-13-21(14-17-25)26-22-10-11-24(27-4)23(18-22)20-8-6-5-7-9-20/h5-11,13-14,16,18-19,26H,12,15,17H2,1-4H3/t25-/m0/s1. The van der Waals surface area contributed by atoms with Crippen LogP contribution in [0.4, 0.5) is 5.69 Å². The molecule has 0 aliphatic heterocycles. The number of hydrogen-bond donors (Lipinski definition) is 1. The summed E-state index contributed by atoms with van der Waals surface area (Å²) in [4.78, 5) is 0. The summed E-state index contributed by atoms with van der Waals surface area (Å²) in [5, 5.41) is 3.56. The van der Waals surface area contributed by atoms with E-state index in [9.17, 15) is 0 Å². The van der Waals surface area contributed by atoms with Crippen LogP contribution in [0.15, 0.2) is 72.5 Å². The number of ether oxygens (including phenoxy) is 1. The second-order valence-corrected chi connectivity index (χ2v) is 8.19. The fourth-order valence-electron chi connectivity index (χ4n) is 3.46. The second kappa shape index (κ2) is 8.47. The number of methoxy groups -OCH3 is 1. The molecule has 0 spiro atoms. The number of rotatable bonds is 7. The van der Waals surface area contributed by atoms with Crippen LogP contribution in [0, 0.1) is 11.3 Å². The zero-order valence-electron chi connectivity index (χ0n) is 17.0. The van der Waals surface area contributed by atoms with Gasteiger partial charge in [0.1, 0.15) is 5.75 Å². The molecule has 1 atom stereocenters. The average molecular weight is 362 g/mol. The van der Waals surface area contributed by atoms with E-state index < -0.39 is 0 Å². The van der Waals surface area contributed by atoms with Crippen LogP contribution >= 0.6 is 0 Å². The van der Waals surface area contributed by atoms with E-state index in [2.05, 4.69) is 80.7 Å². The molecule has 0 aromatic heterocycles. The zero-order chi connectivity index (χ0) is 19.3. The summed E-state index contributed by atoms with van der Waals surface area (Å²) in [5.74, 6) is 1.65. The van der Waals surface area contributed by atoms with Gasteiger partial charge in [-0.25, -0.2) is 0 Å². The monoisotopic (exact) mass is 361 g/mol. The second-order valence-electron chi connectivity index (χ2n) is 8.19. The Bertz CT molecular complexity index is 819. The smallest absolute Gasteiger partial charge is 0.126 e. The highest BCUT2D eigenvalue weighted by Crippen LogP contribution is 2.36. The van der Waals surface area contributed by atoms with Crippen LogP contribution in [-0.4, -0.2) is 7.11 Å². The Morgan fingerprint density at radius 2 is 1.89 bits per heavy atom. The van der Waals surface area contributed by atoms with E-state index >= 15 is 0 Å². The van der Waals surface area contributed by atoms with Crippen LogP contribution in [0.25, 0.3) is 11.1 Å². The molecular weight excluding hydrogens is 330 g/mol. The van der Waals surface area contributed by atoms with Gasteiger partial charge in [0.05, 0.1) is 7.11 Å². The minimum absolute atomic E-state index is 0.282. The van der Waals surface area contributed by atoms with Crippen molar-refractivity contribution in [2.75, 3.05) is 12.4 Å². The van der Waals surface area contributed by atoms with Crippen molar-refractivity contribution in [3.8, 4) is 16.9 Å². The molecule has 0 heterocycles. The summed E-state index contributed by atoms with van der Waals surface area (Å²) in [6.07, 6.45) is 10.5. The van der Waals surface area contributed by atoms with Crippen molar-refractivity contribution in [3.63, 3.8) is 0 Å². The predicted octanol–water partition coefficient (Wildman–Crippen LogP) is 7.06. The van der Waals surface area contributed by atoms with Gasteiger partial charge >= 0.3 is 0 Å². The summed E-state index contributed by atoms with van der Waals surface area (Å²) in [6, 6.07) is 16.6. The van der Waals surface area contributed by atoms with Crippen molar-refractivity contribution < 1.29 is 4.74 Å². The minimum atomic E-state index is 0.282. The third kappa shape index (κ3) is 5.03. The molecule has 0 amide bonds. The highest BCUT2D eigenvalue weighted by molar-refractivity contribution is 5.75. The molecule has 27 heavy (non-hydrogen) atoms. The molecule has 2 aromatic carbocycles. The lowest BCUT2D eigenvalue weighted by molar-refractivity contribution is 0.350. The van der Waals surface area contributed by atoms with Gasteiger partial charge in [0.2, 0.25) is 0 Å². The van der Waals surface area contributed by atoms with Gasteiger partial charge in [0.15, 0.2) is 0 Å². The Balaban J connectivity index is 1.74. The van der Waals surface area contributed by atoms with Crippen molar-refractivity contribution in [3.05, 3.63) is 72.5 Å². The van der Waals surface area contributed by atoms with Gasteiger partial charge in [-0.1, -0.05) is 69.7 Å². The Kier molecular flexibility index (Phi) is 6.05. The van der Waals surface area contributed by atoms with E-state index in [0.29, 0.717) is 0 Å². The Hall–Kier alpha value is -2.48. The first-order valence-corrected chi connectivity index (χ1v) is 9.89. The first-order valence-electron chi connectivity index (χ1n) is 9.89. The highest BCUT2D eigenvalue weighted by atomic mass is 16.5. The summed E-state index contributed by atoms with van der Waals surface area (Å²) in [7, 11) is 1.72. The predicted molar refractivity (Wildman–Crippen MR) is 116 cm³/mol. The van der Waals surface area contributed by atoms with Gasteiger partial charge in [-0.3, -0.25) is 0 Å². The number of anilines is 1. The number of nitrogens with one attached hydrogen (secondary N) is 1. The normalized spacial score (nSPS) is 19.1. The molecule has 0 saturated heterocycles. The first-order chi connectivity index (χ1) is 13.0. The van der Waals surface area contributed by atoms with E-state index in [1.54, 1.807) is 7.11 Å². The van der Waals surface area contributed by atoms with E-state index in [1.807, 2.05) is 12.1 Å². The topological polar surface area (TPSA) is 21.3 Å². The molecule has 3 rings (SSSR count). The number of benzene rings is 2. The first kappa shape index (κ1) is 19.3. The third-order valence-electron chi connectivity index (χ3n) is 5.32. The molecule has 0 unspecified atom stereocenters. The van der Waals surface area contributed by atoms with Crippen LogP contribution in [-0.2, 0) is 0 Å². The molecule has 0 radical (unpaired) electrons. The maximum atomic E-state index is 5.56. The summed E-state index contributed by atoms with van der Waals surface area (Å²) in [5.41, 5.74) is 4.79. The molecule has 2 aromatic rings. The number of allylic oxidation sites excluding steroid dienone is 3. The fourth-order valence-corrected chi connectivity index (χ4v) is 3.46. The maximum Gasteiger partial charge on any atom is 0.126 e. The molecule has 0 saturated carbocycles. The molecule has 142 valence electrons. The van der Waals surface area contributed by atoms with Crippen LogP contribution in [0.3, 0.4) is 0 Å². The van der Waals surface area contributed by atoms with Gasteiger partial charge in [0, 0.05) is 16.9 Å². The summed E-state index contributed by atoms with van der Waals surface area (Å²) in [6.45, 7) is 6.96. The lowest BCUT2D eigenvalue weighted by Gasteiger charge is -2.29. The van der Waals surface area contributed by atoms with Crippen LogP contribution in [0.5, 0.6) is 5.75 Å². The van der Waals surface area contributed by atoms with Crippen LogP contribution < -0.4 is 10.1 Å². The molecule has 2 heteroatoms. The van der Waals surface area contributed by atoms with E-state index in [-0.39, 0.29) is 5.41 Å². The van der Waals surface area contributed by atoms with Gasteiger partial charge in [-0.15, -0.1) is 0 Å². The van der Waals surface area contributed by atoms with Crippen LogP contribution in [0.2, 0.25) is 0 Å². The fraction of sp³-hybridized carbons (Fsp3) is 0.360. The van der Waals surface area contributed by atoms with Gasteiger partial charge < -0.3 is 10.1 Å². The van der Waals surface area contributed by atoms with Gasteiger partial charge in [-0.2, -0.15) is 0 Å². The zero-order valence-corrected chi connectivity index (χ0v) is 17.0. The Morgan fingerprint density at radius 1 is 1.11 bits per heavy atom. The lowest BCUT2D eigenvalue weighted by atomic mass is 9.78. The van der Waals surface area contributed by atoms with Gasteiger partial charge in [-0.05, 0) is 54.0 Å². The maximum absolute atomic E-state index is 5.56. The third-order valence-corrected chi connectivity index (χ3v) is 5.32. The molecular formula is C25H31NO. The van der Waals surface area contributed by atoms with E-state index in [1.165, 1.54) is 18.5 Å². The van der Waals surface area contributed by atoms with Crippen molar-refractivity contribution in [1.29, 1.82) is 0 Å². The van der Waals surface area contributed by atoms with E-state index in [4.69, 9.17) is 4.74 Å². The molecule has 1 N–H and O–H groups in total. The SMILES string of the molecule is COc1ccc(NC2=CC[C@@](C)(CCC(C)C)C=C2)cc1-c1ccccc1. The van der Waals surface area contributed by atoms with Crippen molar-refractivity contribution in [1.82, 2.24) is 0 Å². The lowest BCUT2D eigenvalue weighted by Crippen LogP contribution is -2.17. The molecule has 2 nitrogen and oxygen atoms in total. The average Bonchev–Trinajstić information content (AvgIpc) is 2.69. The summed E-state index contributed by atoms with van der Waals surface area (Å²) < 4.78 is 5.56. The van der Waals surface area contributed by atoms with Crippen molar-refractivity contribution >= 4 is 5.69 Å². The molecule has 0 fully saturated rings. The molecule has 1 aliphatic carbocycles. The van der Waals surface area contributed by atoms with E-state index in [0.717, 1.165) is 34.9 Å². The molecule has 0 bridgehead atoms. The van der Waals surface area contributed by atoms with Crippen LogP contribution in [0.1, 0.15) is 40.0 Å². The Morgan fingerprint density at radius 3 is 2.52 bits per heavy atom. The van der Waals surface area contributed by atoms with Crippen molar-refractivity contribution in [2.24, 2.45) is 11.3 Å². The Labute approximate surface area is 164 Å². The highest BCUT2D eigenvalue weighted by Gasteiger charge is 2.22. The molecule has 1 aliphatic rings. The quantitative estimate of drug-likeness (QED) is 0.570. The summed E-state index contributed by atoms with van der Waals surface area (Å²) >= 11 is 0. The van der Waals surface area contributed by atoms with Crippen molar-refractivity contribution in [2.45, 2.75) is 40.0 Å². The largest absolute Gasteiger partial charge is 0.496 e. The van der Waals surface area contributed by atoms with Gasteiger partial charge in [0.25, 0.3) is 0 Å². The minimum Gasteiger partial charge on any atom is -0.496 e.